The molecular weight excluding hydrogens is 260 g/mol. The molecule has 1 aromatic heterocycles. The SMILES string of the molecule is CCCOc1cccc(C(NCC)c2ccc(C)nc2)c1. The Balaban J connectivity index is 2.27. The lowest BCUT2D eigenvalue weighted by Crippen LogP contribution is -2.22. The summed E-state index contributed by atoms with van der Waals surface area (Å²) in [6.07, 6.45) is 2.96. The van der Waals surface area contributed by atoms with Gasteiger partial charge in [-0.25, -0.2) is 0 Å². The van der Waals surface area contributed by atoms with Gasteiger partial charge in [0, 0.05) is 11.9 Å². The molecule has 1 unspecified atom stereocenters. The number of nitrogens with one attached hydrogen (secondary N) is 1. The highest BCUT2D eigenvalue weighted by Gasteiger charge is 2.13. The molecule has 3 nitrogen and oxygen atoms in total. The fourth-order valence-corrected chi connectivity index (χ4v) is 2.29. The van der Waals surface area contributed by atoms with E-state index >= 15 is 0 Å². The minimum Gasteiger partial charge on any atom is -0.494 e. The fraction of sp³-hybridized carbons (Fsp3) is 0.389. The number of aryl methyl sites for hydroxylation is 1. The Morgan fingerprint density at radius 3 is 2.67 bits per heavy atom. The largest absolute Gasteiger partial charge is 0.494 e. The Hall–Kier alpha value is -1.87. The topological polar surface area (TPSA) is 34.1 Å². The predicted octanol–water partition coefficient (Wildman–Crippen LogP) is 3.88. The zero-order valence-corrected chi connectivity index (χ0v) is 13.1. The maximum Gasteiger partial charge on any atom is 0.119 e. The summed E-state index contributed by atoms with van der Waals surface area (Å²) in [5, 5.41) is 3.52. The van der Waals surface area contributed by atoms with E-state index in [-0.39, 0.29) is 6.04 Å². The number of ether oxygens (including phenoxy) is 1. The molecule has 2 aromatic rings. The van der Waals surface area contributed by atoms with E-state index in [4.69, 9.17) is 4.74 Å². The molecule has 3 heteroatoms. The number of benzene rings is 1. The Bertz CT molecular complexity index is 551. The second-order valence-corrected chi connectivity index (χ2v) is 5.14. The van der Waals surface area contributed by atoms with Crippen molar-refractivity contribution in [3.8, 4) is 5.75 Å². The van der Waals surface area contributed by atoms with E-state index < -0.39 is 0 Å². The molecule has 1 N–H and O–H groups in total. The maximum atomic E-state index is 5.74. The molecule has 0 aliphatic heterocycles. The van der Waals surface area contributed by atoms with Gasteiger partial charge >= 0.3 is 0 Å². The number of pyridine rings is 1. The van der Waals surface area contributed by atoms with Crippen LogP contribution in [0.5, 0.6) is 5.75 Å². The normalized spacial score (nSPS) is 12.1. The molecule has 0 amide bonds. The average Bonchev–Trinajstić information content (AvgIpc) is 2.52. The van der Waals surface area contributed by atoms with Crippen LogP contribution in [0, 0.1) is 6.92 Å². The standard InChI is InChI=1S/C18H24N2O/c1-4-11-21-17-8-6-7-15(12-17)18(19-5-2)16-10-9-14(3)20-13-16/h6-10,12-13,18-19H,4-5,11H2,1-3H3. The van der Waals surface area contributed by atoms with Crippen molar-refractivity contribution >= 4 is 0 Å². The van der Waals surface area contributed by atoms with Gasteiger partial charge in [-0.2, -0.15) is 0 Å². The van der Waals surface area contributed by atoms with E-state index in [1.807, 2.05) is 25.3 Å². The fourth-order valence-electron chi connectivity index (χ4n) is 2.29. The van der Waals surface area contributed by atoms with Crippen LogP contribution < -0.4 is 10.1 Å². The van der Waals surface area contributed by atoms with Crippen LogP contribution in [0.1, 0.15) is 43.1 Å². The third-order valence-electron chi connectivity index (χ3n) is 3.34. The molecule has 112 valence electrons. The molecule has 1 atom stereocenters. The molecule has 0 saturated carbocycles. The van der Waals surface area contributed by atoms with E-state index in [1.54, 1.807) is 0 Å². The van der Waals surface area contributed by atoms with Gasteiger partial charge in [0.25, 0.3) is 0 Å². The molecule has 0 radical (unpaired) electrons. The average molecular weight is 284 g/mol. The number of hydrogen-bond donors (Lipinski definition) is 1. The van der Waals surface area contributed by atoms with Crippen LogP contribution in [-0.4, -0.2) is 18.1 Å². The first kappa shape index (κ1) is 15.5. The van der Waals surface area contributed by atoms with Crippen molar-refractivity contribution in [3.63, 3.8) is 0 Å². The van der Waals surface area contributed by atoms with E-state index in [1.165, 1.54) is 11.1 Å². The first-order valence-corrected chi connectivity index (χ1v) is 7.63. The minimum absolute atomic E-state index is 0.147. The highest BCUT2D eigenvalue weighted by molar-refractivity contribution is 5.36. The zero-order valence-electron chi connectivity index (χ0n) is 13.1. The molecule has 21 heavy (non-hydrogen) atoms. The summed E-state index contributed by atoms with van der Waals surface area (Å²) in [5.74, 6) is 0.928. The predicted molar refractivity (Wildman–Crippen MR) is 86.7 cm³/mol. The lowest BCUT2D eigenvalue weighted by atomic mass is 9.99. The molecule has 0 aliphatic rings. The maximum absolute atomic E-state index is 5.74. The smallest absolute Gasteiger partial charge is 0.119 e. The lowest BCUT2D eigenvalue weighted by molar-refractivity contribution is 0.317. The molecule has 0 spiro atoms. The van der Waals surface area contributed by atoms with Crippen LogP contribution in [0.4, 0.5) is 0 Å². The first-order chi connectivity index (χ1) is 10.2. The van der Waals surface area contributed by atoms with Gasteiger partial charge in [0.1, 0.15) is 5.75 Å². The summed E-state index contributed by atoms with van der Waals surface area (Å²) in [6, 6.07) is 12.6. The monoisotopic (exact) mass is 284 g/mol. The Kier molecular flexibility index (Phi) is 5.76. The Labute approximate surface area is 127 Å². The van der Waals surface area contributed by atoms with Crippen LogP contribution in [0.3, 0.4) is 0 Å². The van der Waals surface area contributed by atoms with Gasteiger partial charge in [-0.1, -0.05) is 32.0 Å². The molecule has 0 saturated heterocycles. The van der Waals surface area contributed by atoms with Gasteiger partial charge in [0.15, 0.2) is 0 Å². The van der Waals surface area contributed by atoms with Crippen molar-refractivity contribution in [1.82, 2.24) is 10.3 Å². The van der Waals surface area contributed by atoms with Gasteiger partial charge in [-0.05, 0) is 49.2 Å². The molecular formula is C18H24N2O. The molecule has 0 bridgehead atoms. The summed E-state index contributed by atoms with van der Waals surface area (Å²) in [6.45, 7) is 7.89. The van der Waals surface area contributed by atoms with E-state index in [2.05, 4.69) is 48.4 Å². The van der Waals surface area contributed by atoms with Crippen LogP contribution in [0.2, 0.25) is 0 Å². The van der Waals surface area contributed by atoms with Crippen molar-refractivity contribution < 1.29 is 4.74 Å². The Morgan fingerprint density at radius 2 is 2.00 bits per heavy atom. The third-order valence-corrected chi connectivity index (χ3v) is 3.34. The van der Waals surface area contributed by atoms with Crippen molar-refractivity contribution in [1.29, 1.82) is 0 Å². The van der Waals surface area contributed by atoms with Gasteiger partial charge < -0.3 is 10.1 Å². The molecule has 1 aromatic carbocycles. The van der Waals surface area contributed by atoms with E-state index in [0.717, 1.165) is 31.0 Å². The number of rotatable bonds is 7. The molecule has 0 aliphatic carbocycles. The molecule has 2 rings (SSSR count). The van der Waals surface area contributed by atoms with Crippen LogP contribution in [0.15, 0.2) is 42.6 Å². The van der Waals surface area contributed by atoms with Crippen LogP contribution in [-0.2, 0) is 0 Å². The highest BCUT2D eigenvalue weighted by Crippen LogP contribution is 2.25. The zero-order chi connectivity index (χ0) is 15.1. The van der Waals surface area contributed by atoms with Gasteiger partial charge in [-0.3, -0.25) is 4.98 Å². The summed E-state index contributed by atoms with van der Waals surface area (Å²) in [7, 11) is 0. The number of aromatic nitrogens is 1. The third kappa shape index (κ3) is 4.30. The Morgan fingerprint density at radius 1 is 1.14 bits per heavy atom. The second kappa shape index (κ2) is 7.79. The van der Waals surface area contributed by atoms with E-state index in [0.29, 0.717) is 0 Å². The van der Waals surface area contributed by atoms with Crippen LogP contribution >= 0.6 is 0 Å². The van der Waals surface area contributed by atoms with Crippen LogP contribution in [0.25, 0.3) is 0 Å². The minimum atomic E-state index is 0.147. The summed E-state index contributed by atoms with van der Waals surface area (Å²) >= 11 is 0. The van der Waals surface area contributed by atoms with Gasteiger partial charge in [0.05, 0.1) is 12.6 Å². The number of hydrogen-bond acceptors (Lipinski definition) is 3. The van der Waals surface area contributed by atoms with Crippen molar-refractivity contribution in [2.24, 2.45) is 0 Å². The molecule has 1 heterocycles. The lowest BCUT2D eigenvalue weighted by Gasteiger charge is -2.19. The summed E-state index contributed by atoms with van der Waals surface area (Å²) in [4.78, 5) is 4.41. The highest BCUT2D eigenvalue weighted by atomic mass is 16.5. The van der Waals surface area contributed by atoms with Crippen molar-refractivity contribution in [2.75, 3.05) is 13.2 Å². The second-order valence-electron chi connectivity index (χ2n) is 5.14. The summed E-state index contributed by atoms with van der Waals surface area (Å²) < 4.78 is 5.74. The van der Waals surface area contributed by atoms with Crippen molar-refractivity contribution in [3.05, 3.63) is 59.4 Å². The van der Waals surface area contributed by atoms with Gasteiger partial charge in [0.2, 0.25) is 0 Å². The van der Waals surface area contributed by atoms with E-state index in [9.17, 15) is 0 Å². The van der Waals surface area contributed by atoms with Crippen molar-refractivity contribution in [2.45, 2.75) is 33.2 Å². The molecule has 0 fully saturated rings. The number of nitrogens with zero attached hydrogens (tertiary/aromatic N) is 1. The first-order valence-electron chi connectivity index (χ1n) is 7.63. The van der Waals surface area contributed by atoms with Gasteiger partial charge in [-0.15, -0.1) is 0 Å². The summed E-state index contributed by atoms with van der Waals surface area (Å²) in [5.41, 5.74) is 3.42. The quantitative estimate of drug-likeness (QED) is 0.838.